The van der Waals surface area contributed by atoms with Gasteiger partial charge in [0.2, 0.25) is 0 Å². The summed E-state index contributed by atoms with van der Waals surface area (Å²) in [4.78, 5) is 10.5. The lowest BCUT2D eigenvalue weighted by molar-refractivity contribution is -0.137. The quantitative estimate of drug-likeness (QED) is 0.705. The van der Waals surface area contributed by atoms with Gasteiger partial charge in [0.05, 0.1) is 0 Å². The Labute approximate surface area is 89.4 Å². The van der Waals surface area contributed by atoms with E-state index in [-0.39, 0.29) is 0 Å². The Hall–Kier alpha value is -0.220. The molecule has 1 saturated carbocycles. The van der Waals surface area contributed by atoms with Crippen molar-refractivity contribution < 1.29 is 9.90 Å². The van der Waals surface area contributed by atoms with E-state index < -0.39 is 12.0 Å². The van der Waals surface area contributed by atoms with Crippen molar-refractivity contribution in [2.75, 3.05) is 5.75 Å². The molecule has 0 bridgehead atoms. The molecule has 0 unspecified atom stereocenters. The van der Waals surface area contributed by atoms with E-state index in [1.807, 2.05) is 0 Å². The Morgan fingerprint density at radius 1 is 1.36 bits per heavy atom. The van der Waals surface area contributed by atoms with Crippen LogP contribution in [0.25, 0.3) is 0 Å². The third-order valence-corrected chi connectivity index (χ3v) is 4.13. The van der Waals surface area contributed by atoms with E-state index in [9.17, 15) is 4.79 Å². The first-order valence-electron chi connectivity index (χ1n) is 5.30. The second-order valence-corrected chi connectivity index (χ2v) is 5.22. The third-order valence-electron chi connectivity index (χ3n) is 2.63. The molecule has 1 rings (SSSR count). The van der Waals surface area contributed by atoms with Gasteiger partial charge in [0.1, 0.15) is 6.04 Å². The SMILES string of the molecule is N[C@H](CSC1CCCCCC1)C(=O)O. The van der Waals surface area contributed by atoms with Crippen molar-refractivity contribution in [2.24, 2.45) is 5.73 Å². The molecule has 3 N–H and O–H groups in total. The molecule has 0 aromatic heterocycles. The number of hydrogen-bond donors (Lipinski definition) is 2. The molecule has 0 radical (unpaired) electrons. The van der Waals surface area contributed by atoms with Crippen LogP contribution >= 0.6 is 11.8 Å². The van der Waals surface area contributed by atoms with Gasteiger partial charge in [0.25, 0.3) is 0 Å². The number of nitrogens with two attached hydrogens (primary N) is 1. The van der Waals surface area contributed by atoms with Crippen LogP contribution in [-0.2, 0) is 4.79 Å². The van der Waals surface area contributed by atoms with Crippen molar-refractivity contribution in [3.63, 3.8) is 0 Å². The molecular formula is C10H19NO2S. The van der Waals surface area contributed by atoms with Crippen LogP contribution in [0.4, 0.5) is 0 Å². The lowest BCUT2D eigenvalue weighted by Crippen LogP contribution is -2.33. The first-order valence-corrected chi connectivity index (χ1v) is 6.35. The lowest BCUT2D eigenvalue weighted by atomic mass is 10.2. The van der Waals surface area contributed by atoms with E-state index in [1.165, 1.54) is 38.5 Å². The van der Waals surface area contributed by atoms with Crippen LogP contribution in [0, 0.1) is 0 Å². The molecule has 82 valence electrons. The van der Waals surface area contributed by atoms with Gasteiger partial charge in [0.15, 0.2) is 0 Å². The first-order chi connectivity index (χ1) is 6.70. The van der Waals surface area contributed by atoms with Crippen LogP contribution in [0.1, 0.15) is 38.5 Å². The second kappa shape index (κ2) is 6.30. The van der Waals surface area contributed by atoms with Crippen molar-refractivity contribution in [1.29, 1.82) is 0 Å². The smallest absolute Gasteiger partial charge is 0.321 e. The van der Waals surface area contributed by atoms with Crippen LogP contribution in [0.15, 0.2) is 0 Å². The van der Waals surface area contributed by atoms with Crippen molar-refractivity contribution in [3.05, 3.63) is 0 Å². The maximum absolute atomic E-state index is 10.5. The van der Waals surface area contributed by atoms with Gasteiger partial charge < -0.3 is 10.8 Å². The molecule has 0 amide bonds. The molecular weight excluding hydrogens is 198 g/mol. The summed E-state index contributed by atoms with van der Waals surface area (Å²) in [5, 5.41) is 9.27. The molecule has 1 fully saturated rings. The molecule has 1 atom stereocenters. The fourth-order valence-electron chi connectivity index (χ4n) is 1.72. The van der Waals surface area contributed by atoms with Gasteiger partial charge in [-0.15, -0.1) is 0 Å². The van der Waals surface area contributed by atoms with Crippen molar-refractivity contribution in [1.82, 2.24) is 0 Å². The highest BCUT2D eigenvalue weighted by Gasteiger charge is 2.17. The molecule has 0 aliphatic heterocycles. The zero-order valence-electron chi connectivity index (χ0n) is 8.45. The van der Waals surface area contributed by atoms with E-state index in [4.69, 9.17) is 10.8 Å². The Bertz CT molecular complexity index is 179. The van der Waals surface area contributed by atoms with Crippen LogP contribution in [0.5, 0.6) is 0 Å². The first kappa shape index (κ1) is 11.9. The largest absolute Gasteiger partial charge is 0.480 e. The number of carboxylic acid groups (broad SMARTS) is 1. The molecule has 0 aromatic carbocycles. The molecule has 0 saturated heterocycles. The van der Waals surface area contributed by atoms with Gasteiger partial charge in [-0.25, -0.2) is 0 Å². The summed E-state index contributed by atoms with van der Waals surface area (Å²) < 4.78 is 0. The molecule has 4 heteroatoms. The monoisotopic (exact) mass is 217 g/mol. The standard InChI is InChI=1S/C10H19NO2S/c11-9(10(12)13)7-14-8-5-3-1-2-4-6-8/h8-9H,1-7,11H2,(H,12,13)/t9-/m1/s1. The summed E-state index contributed by atoms with van der Waals surface area (Å²) in [6.07, 6.45) is 7.72. The molecule has 0 spiro atoms. The summed E-state index contributed by atoms with van der Waals surface area (Å²) in [6.45, 7) is 0. The van der Waals surface area contributed by atoms with Crippen LogP contribution in [0.2, 0.25) is 0 Å². The second-order valence-electron chi connectivity index (χ2n) is 3.89. The van der Waals surface area contributed by atoms with Gasteiger partial charge in [-0.05, 0) is 12.8 Å². The maximum atomic E-state index is 10.5. The summed E-state index contributed by atoms with van der Waals surface area (Å²) in [5.41, 5.74) is 5.45. The van der Waals surface area contributed by atoms with Gasteiger partial charge in [-0.2, -0.15) is 11.8 Å². The van der Waals surface area contributed by atoms with Crippen LogP contribution in [0.3, 0.4) is 0 Å². The van der Waals surface area contributed by atoms with Gasteiger partial charge in [0, 0.05) is 11.0 Å². The lowest BCUT2D eigenvalue weighted by Gasteiger charge is -2.14. The van der Waals surface area contributed by atoms with Crippen LogP contribution in [-0.4, -0.2) is 28.1 Å². The summed E-state index contributed by atoms with van der Waals surface area (Å²) >= 11 is 1.74. The number of rotatable bonds is 4. The van der Waals surface area contributed by atoms with Crippen molar-refractivity contribution in [3.8, 4) is 0 Å². The zero-order chi connectivity index (χ0) is 10.4. The summed E-state index contributed by atoms with van der Waals surface area (Å²) in [6, 6.07) is -0.691. The number of thioether (sulfide) groups is 1. The normalized spacial score (nSPS) is 21.5. The Morgan fingerprint density at radius 2 is 1.93 bits per heavy atom. The minimum atomic E-state index is -0.883. The number of carboxylic acids is 1. The average molecular weight is 217 g/mol. The fourth-order valence-corrected chi connectivity index (χ4v) is 3.01. The molecule has 3 nitrogen and oxygen atoms in total. The van der Waals surface area contributed by atoms with E-state index >= 15 is 0 Å². The molecule has 1 aliphatic carbocycles. The highest BCUT2D eigenvalue weighted by molar-refractivity contribution is 7.99. The molecule has 0 heterocycles. The van der Waals surface area contributed by atoms with E-state index in [0.717, 1.165) is 0 Å². The Balaban J connectivity index is 2.18. The fraction of sp³-hybridized carbons (Fsp3) is 0.900. The topological polar surface area (TPSA) is 63.3 Å². The predicted molar refractivity (Wildman–Crippen MR) is 59.6 cm³/mol. The van der Waals surface area contributed by atoms with Gasteiger partial charge >= 0.3 is 5.97 Å². The number of hydrogen-bond acceptors (Lipinski definition) is 3. The maximum Gasteiger partial charge on any atom is 0.321 e. The van der Waals surface area contributed by atoms with E-state index in [0.29, 0.717) is 11.0 Å². The minimum absolute atomic E-state index is 0.556. The predicted octanol–water partition coefficient (Wildman–Crippen LogP) is 1.85. The van der Waals surface area contributed by atoms with Gasteiger partial charge in [-0.1, -0.05) is 25.7 Å². The Kier molecular flexibility index (Phi) is 5.33. The van der Waals surface area contributed by atoms with Crippen molar-refractivity contribution in [2.45, 2.75) is 49.8 Å². The molecule has 14 heavy (non-hydrogen) atoms. The summed E-state index contributed by atoms with van der Waals surface area (Å²) in [7, 11) is 0. The van der Waals surface area contributed by atoms with Crippen molar-refractivity contribution >= 4 is 17.7 Å². The van der Waals surface area contributed by atoms with E-state index in [2.05, 4.69) is 0 Å². The summed E-state index contributed by atoms with van der Waals surface area (Å²) in [5.74, 6) is -0.328. The highest BCUT2D eigenvalue weighted by Crippen LogP contribution is 2.27. The zero-order valence-corrected chi connectivity index (χ0v) is 9.26. The average Bonchev–Trinajstić information content (AvgIpc) is 2.42. The highest BCUT2D eigenvalue weighted by atomic mass is 32.2. The van der Waals surface area contributed by atoms with Gasteiger partial charge in [-0.3, -0.25) is 4.79 Å². The van der Waals surface area contributed by atoms with Crippen LogP contribution < -0.4 is 5.73 Å². The molecule has 1 aliphatic rings. The minimum Gasteiger partial charge on any atom is -0.480 e. The van der Waals surface area contributed by atoms with E-state index in [1.54, 1.807) is 11.8 Å². The Morgan fingerprint density at radius 3 is 2.43 bits per heavy atom. The third kappa shape index (κ3) is 4.33. The number of aliphatic carboxylic acids is 1. The number of carbonyl (C=O) groups is 1. The molecule has 0 aromatic rings.